The molecule has 7 heteroatoms. The molecule has 0 unspecified atom stereocenters. The molecule has 0 aliphatic rings. The maximum atomic E-state index is 5.61. The van der Waals surface area contributed by atoms with E-state index < -0.39 is 0 Å². The van der Waals surface area contributed by atoms with Crippen LogP contribution in [0.2, 0.25) is 0 Å². The van der Waals surface area contributed by atoms with Crippen molar-refractivity contribution >= 4 is 22.4 Å². The van der Waals surface area contributed by atoms with Gasteiger partial charge in [-0.25, -0.2) is 0 Å². The van der Waals surface area contributed by atoms with Gasteiger partial charge in [-0.15, -0.1) is 0 Å². The Hall–Kier alpha value is -1.05. The van der Waals surface area contributed by atoms with E-state index in [1.165, 1.54) is 11.5 Å². The SMILES string of the molecule is COCCOCCNc1snc(N)c1OC. The lowest BCUT2D eigenvalue weighted by Gasteiger charge is -2.06. The minimum absolute atomic E-state index is 0.412. The van der Waals surface area contributed by atoms with Crippen LogP contribution in [0.25, 0.3) is 0 Å². The Labute approximate surface area is 98.9 Å². The topological polar surface area (TPSA) is 78.6 Å². The van der Waals surface area contributed by atoms with Gasteiger partial charge in [0, 0.05) is 13.7 Å². The van der Waals surface area contributed by atoms with Crippen LogP contribution in [0.4, 0.5) is 10.8 Å². The molecule has 6 nitrogen and oxygen atoms in total. The summed E-state index contributed by atoms with van der Waals surface area (Å²) in [5.41, 5.74) is 5.61. The fourth-order valence-electron chi connectivity index (χ4n) is 1.08. The van der Waals surface area contributed by atoms with Crippen molar-refractivity contribution in [1.29, 1.82) is 0 Å². The van der Waals surface area contributed by atoms with Crippen molar-refractivity contribution < 1.29 is 14.2 Å². The van der Waals surface area contributed by atoms with Gasteiger partial charge >= 0.3 is 0 Å². The molecule has 0 bridgehead atoms. The smallest absolute Gasteiger partial charge is 0.197 e. The first kappa shape index (κ1) is 13.0. The second-order valence-corrected chi connectivity index (χ2v) is 3.74. The molecule has 1 rings (SSSR count). The summed E-state index contributed by atoms with van der Waals surface area (Å²) in [6.45, 7) is 2.49. The summed E-state index contributed by atoms with van der Waals surface area (Å²) >= 11 is 1.28. The highest BCUT2D eigenvalue weighted by atomic mass is 32.1. The van der Waals surface area contributed by atoms with Crippen molar-refractivity contribution in [3.05, 3.63) is 0 Å². The summed E-state index contributed by atoms with van der Waals surface area (Å²) in [6.07, 6.45) is 0. The van der Waals surface area contributed by atoms with Gasteiger partial charge in [-0.05, 0) is 11.5 Å². The molecule has 0 aliphatic carbocycles. The largest absolute Gasteiger partial charge is 0.490 e. The summed E-state index contributed by atoms with van der Waals surface area (Å²) < 4.78 is 19.3. The maximum absolute atomic E-state index is 5.61. The fraction of sp³-hybridized carbons (Fsp3) is 0.667. The zero-order chi connectivity index (χ0) is 11.8. The predicted molar refractivity (Wildman–Crippen MR) is 64.3 cm³/mol. The second kappa shape index (κ2) is 7.26. The Morgan fingerprint density at radius 1 is 1.31 bits per heavy atom. The second-order valence-electron chi connectivity index (χ2n) is 2.96. The lowest BCUT2D eigenvalue weighted by atomic mass is 10.5. The van der Waals surface area contributed by atoms with Crippen LogP contribution < -0.4 is 15.8 Å². The summed E-state index contributed by atoms with van der Waals surface area (Å²) in [6, 6.07) is 0. The molecular formula is C9H17N3O3S. The first-order chi connectivity index (χ1) is 7.79. The first-order valence-electron chi connectivity index (χ1n) is 4.89. The zero-order valence-electron chi connectivity index (χ0n) is 9.49. The number of aromatic nitrogens is 1. The molecule has 0 saturated carbocycles. The summed E-state index contributed by atoms with van der Waals surface area (Å²) in [7, 11) is 3.22. The highest BCUT2D eigenvalue weighted by Crippen LogP contribution is 2.34. The zero-order valence-corrected chi connectivity index (χ0v) is 10.3. The molecule has 0 amide bonds. The minimum Gasteiger partial charge on any atom is -0.490 e. The molecular weight excluding hydrogens is 230 g/mol. The van der Waals surface area contributed by atoms with Gasteiger partial charge in [0.05, 0.1) is 26.9 Å². The van der Waals surface area contributed by atoms with Gasteiger partial charge in [0.2, 0.25) is 0 Å². The third-order valence-electron chi connectivity index (χ3n) is 1.84. The molecule has 1 aromatic heterocycles. The van der Waals surface area contributed by atoms with Gasteiger partial charge in [-0.3, -0.25) is 0 Å². The van der Waals surface area contributed by atoms with Crippen molar-refractivity contribution in [2.24, 2.45) is 0 Å². The lowest BCUT2D eigenvalue weighted by Crippen LogP contribution is -2.11. The number of hydrogen-bond acceptors (Lipinski definition) is 7. The van der Waals surface area contributed by atoms with Crippen LogP contribution in [-0.2, 0) is 9.47 Å². The highest BCUT2D eigenvalue weighted by Gasteiger charge is 2.10. The van der Waals surface area contributed by atoms with Crippen LogP contribution in [0.5, 0.6) is 5.75 Å². The molecule has 3 N–H and O–H groups in total. The van der Waals surface area contributed by atoms with Crippen molar-refractivity contribution in [3.8, 4) is 5.75 Å². The Kier molecular flexibility index (Phi) is 5.91. The number of methoxy groups -OCH3 is 2. The molecule has 0 fully saturated rings. The quantitative estimate of drug-likeness (QED) is 0.662. The standard InChI is InChI=1S/C9H17N3O3S/c1-13-5-6-15-4-3-11-9-7(14-2)8(10)12-16-9/h11H,3-6H2,1-2H3,(H2,10,12). The van der Waals surface area contributed by atoms with Gasteiger partial charge in [0.25, 0.3) is 0 Å². The molecule has 1 heterocycles. The molecule has 0 spiro atoms. The van der Waals surface area contributed by atoms with E-state index in [1.54, 1.807) is 14.2 Å². The lowest BCUT2D eigenvalue weighted by molar-refractivity contribution is 0.0759. The van der Waals surface area contributed by atoms with Crippen LogP contribution >= 0.6 is 11.5 Å². The van der Waals surface area contributed by atoms with E-state index in [9.17, 15) is 0 Å². The van der Waals surface area contributed by atoms with E-state index >= 15 is 0 Å². The van der Waals surface area contributed by atoms with E-state index in [0.717, 1.165) is 5.00 Å². The van der Waals surface area contributed by atoms with Crippen LogP contribution in [0.3, 0.4) is 0 Å². The van der Waals surface area contributed by atoms with Crippen LogP contribution in [0.1, 0.15) is 0 Å². The molecule has 16 heavy (non-hydrogen) atoms. The van der Waals surface area contributed by atoms with Gasteiger partial charge < -0.3 is 25.3 Å². The average Bonchev–Trinajstić information content (AvgIpc) is 2.64. The van der Waals surface area contributed by atoms with E-state index in [1.807, 2.05) is 0 Å². The van der Waals surface area contributed by atoms with E-state index in [2.05, 4.69) is 9.69 Å². The molecule has 0 radical (unpaired) electrons. The fourth-order valence-corrected chi connectivity index (χ4v) is 1.79. The summed E-state index contributed by atoms with van der Waals surface area (Å²) in [5, 5.41) is 3.98. The van der Waals surface area contributed by atoms with E-state index in [4.69, 9.17) is 19.9 Å². The monoisotopic (exact) mass is 247 g/mol. The first-order valence-corrected chi connectivity index (χ1v) is 5.66. The van der Waals surface area contributed by atoms with Crippen molar-refractivity contribution in [1.82, 2.24) is 4.37 Å². The maximum Gasteiger partial charge on any atom is 0.197 e. The van der Waals surface area contributed by atoms with Gasteiger partial charge in [0.1, 0.15) is 0 Å². The third kappa shape index (κ3) is 3.84. The predicted octanol–water partition coefficient (Wildman–Crippen LogP) is 0.809. The summed E-state index contributed by atoms with van der Waals surface area (Å²) in [4.78, 5) is 0. The highest BCUT2D eigenvalue weighted by molar-refractivity contribution is 7.11. The molecule has 0 aromatic carbocycles. The van der Waals surface area contributed by atoms with Crippen molar-refractivity contribution in [2.75, 3.05) is 51.6 Å². The van der Waals surface area contributed by atoms with E-state index in [-0.39, 0.29) is 0 Å². The number of rotatable bonds is 8. The normalized spacial score (nSPS) is 10.4. The number of nitrogen functional groups attached to an aromatic ring is 1. The minimum atomic E-state index is 0.412. The van der Waals surface area contributed by atoms with Crippen molar-refractivity contribution in [3.63, 3.8) is 0 Å². The van der Waals surface area contributed by atoms with Crippen LogP contribution in [0, 0.1) is 0 Å². The molecule has 0 saturated heterocycles. The Morgan fingerprint density at radius 3 is 2.81 bits per heavy atom. The van der Waals surface area contributed by atoms with Gasteiger partial charge in [-0.1, -0.05) is 0 Å². The molecule has 0 atom stereocenters. The molecule has 1 aromatic rings. The molecule has 92 valence electrons. The van der Waals surface area contributed by atoms with Crippen molar-refractivity contribution in [2.45, 2.75) is 0 Å². The number of anilines is 2. The number of nitrogens with one attached hydrogen (secondary N) is 1. The molecule has 0 aliphatic heterocycles. The third-order valence-corrected chi connectivity index (χ3v) is 2.64. The van der Waals surface area contributed by atoms with Crippen LogP contribution in [-0.4, -0.2) is 45.0 Å². The summed E-state index contributed by atoms with van der Waals surface area (Å²) in [5.74, 6) is 1.01. The van der Waals surface area contributed by atoms with Crippen LogP contribution in [0.15, 0.2) is 0 Å². The Balaban J connectivity index is 2.21. The van der Waals surface area contributed by atoms with Gasteiger partial charge in [-0.2, -0.15) is 4.37 Å². The Bertz CT molecular complexity index is 306. The van der Waals surface area contributed by atoms with E-state index in [0.29, 0.717) is 37.9 Å². The number of ether oxygens (including phenoxy) is 3. The number of hydrogen-bond donors (Lipinski definition) is 2. The van der Waals surface area contributed by atoms with Gasteiger partial charge in [0.15, 0.2) is 16.6 Å². The Morgan fingerprint density at radius 2 is 2.12 bits per heavy atom. The number of nitrogens with zero attached hydrogens (tertiary/aromatic N) is 1. The number of nitrogens with two attached hydrogens (primary N) is 1. The average molecular weight is 247 g/mol.